The molecule has 20 heavy (non-hydrogen) atoms. The second-order valence-electron chi connectivity index (χ2n) is 5.90. The number of rotatable bonds is 3. The number of likely N-dealkylation sites (tertiary alicyclic amines) is 1. The molecular weight excluding hydrogens is 248 g/mol. The smallest absolute Gasteiger partial charge is 0.140 e. The quantitative estimate of drug-likeness (QED) is 0.913. The molecule has 0 saturated carbocycles. The van der Waals surface area contributed by atoms with Crippen molar-refractivity contribution in [2.24, 2.45) is 0 Å². The highest BCUT2D eigenvalue weighted by molar-refractivity contribution is 5.25. The third-order valence-electron chi connectivity index (χ3n) is 4.55. The Morgan fingerprint density at radius 1 is 1.35 bits per heavy atom. The largest absolute Gasteiger partial charge is 0.312 e. The van der Waals surface area contributed by atoms with Gasteiger partial charge in [0.25, 0.3) is 0 Å². The van der Waals surface area contributed by atoms with E-state index in [0.29, 0.717) is 17.8 Å². The third kappa shape index (κ3) is 3.00. The lowest BCUT2D eigenvalue weighted by Gasteiger charge is -2.39. The summed E-state index contributed by atoms with van der Waals surface area (Å²) in [5.74, 6) is 0. The zero-order valence-electron chi connectivity index (χ0n) is 11.9. The minimum absolute atomic E-state index is 0.523. The van der Waals surface area contributed by atoms with Gasteiger partial charge in [-0.25, -0.2) is 4.98 Å². The number of nitrogens with one attached hydrogen (secondary N) is 1. The zero-order valence-corrected chi connectivity index (χ0v) is 11.9. The van der Waals surface area contributed by atoms with E-state index in [4.69, 9.17) is 5.26 Å². The Hall–Kier alpha value is -1.44. The van der Waals surface area contributed by atoms with Crippen LogP contribution in [0.25, 0.3) is 0 Å². The Morgan fingerprint density at radius 2 is 2.30 bits per heavy atom. The molecule has 0 aromatic carbocycles. The molecule has 0 aliphatic carbocycles. The first-order chi connectivity index (χ1) is 9.86. The zero-order chi connectivity index (χ0) is 13.8. The van der Waals surface area contributed by atoms with Crippen molar-refractivity contribution in [1.29, 1.82) is 5.26 Å². The van der Waals surface area contributed by atoms with Crippen molar-refractivity contribution in [3.63, 3.8) is 0 Å². The van der Waals surface area contributed by atoms with Crippen LogP contribution in [0, 0.1) is 11.3 Å². The van der Waals surface area contributed by atoms with Crippen LogP contribution >= 0.6 is 0 Å². The van der Waals surface area contributed by atoms with Crippen molar-refractivity contribution < 1.29 is 0 Å². The van der Waals surface area contributed by atoms with Crippen molar-refractivity contribution in [2.45, 2.75) is 50.7 Å². The second kappa shape index (κ2) is 6.34. The molecule has 1 N–H and O–H groups in total. The molecule has 0 amide bonds. The highest BCUT2D eigenvalue weighted by atomic mass is 15.2. The van der Waals surface area contributed by atoms with Crippen molar-refractivity contribution in [2.75, 3.05) is 13.1 Å². The van der Waals surface area contributed by atoms with Crippen molar-refractivity contribution in [3.05, 3.63) is 29.6 Å². The Morgan fingerprint density at radius 3 is 3.10 bits per heavy atom. The molecule has 0 radical (unpaired) electrons. The van der Waals surface area contributed by atoms with Crippen LogP contribution in [-0.2, 0) is 6.54 Å². The van der Waals surface area contributed by atoms with Crippen LogP contribution in [0.15, 0.2) is 18.3 Å². The molecule has 2 saturated heterocycles. The molecule has 0 spiro atoms. The fourth-order valence-electron chi connectivity index (χ4n) is 3.58. The van der Waals surface area contributed by atoms with Gasteiger partial charge in [0.05, 0.1) is 0 Å². The number of piperidine rings is 1. The molecule has 2 fully saturated rings. The molecule has 2 atom stereocenters. The standard InChI is InChI=1S/C16H22N4/c17-11-14-10-13(6-8-18-14)12-20-9-2-1-5-16(20)15-4-3-7-19-15/h6,8,10,15-16,19H,1-5,7,9,12H2. The average Bonchev–Trinajstić information content (AvgIpc) is 3.02. The van der Waals surface area contributed by atoms with E-state index >= 15 is 0 Å². The van der Waals surface area contributed by atoms with Crippen molar-refractivity contribution >= 4 is 0 Å². The first-order valence-corrected chi connectivity index (χ1v) is 7.69. The number of hydrogen-bond donors (Lipinski definition) is 1. The fourth-order valence-corrected chi connectivity index (χ4v) is 3.58. The molecule has 0 bridgehead atoms. The predicted molar refractivity (Wildman–Crippen MR) is 78.0 cm³/mol. The molecule has 2 aliphatic heterocycles. The number of nitriles is 1. The molecular formula is C16H22N4. The maximum absolute atomic E-state index is 8.96. The molecule has 4 heteroatoms. The van der Waals surface area contributed by atoms with Crippen LogP contribution in [0.5, 0.6) is 0 Å². The van der Waals surface area contributed by atoms with E-state index in [1.807, 2.05) is 12.1 Å². The Bertz CT molecular complexity index is 487. The van der Waals surface area contributed by atoms with Gasteiger partial charge in [-0.05, 0) is 56.5 Å². The maximum Gasteiger partial charge on any atom is 0.140 e. The summed E-state index contributed by atoms with van der Waals surface area (Å²) in [6, 6.07) is 7.41. The van der Waals surface area contributed by atoms with E-state index in [1.165, 1.54) is 50.8 Å². The van der Waals surface area contributed by atoms with Crippen LogP contribution in [-0.4, -0.2) is 35.1 Å². The lowest BCUT2D eigenvalue weighted by molar-refractivity contribution is 0.112. The number of nitrogens with zero attached hydrogens (tertiary/aromatic N) is 3. The number of pyridine rings is 1. The first kappa shape index (κ1) is 13.5. The van der Waals surface area contributed by atoms with Gasteiger partial charge < -0.3 is 5.32 Å². The van der Waals surface area contributed by atoms with E-state index in [0.717, 1.165) is 6.54 Å². The van der Waals surface area contributed by atoms with Crippen molar-refractivity contribution in [1.82, 2.24) is 15.2 Å². The Balaban J connectivity index is 1.71. The minimum atomic E-state index is 0.523. The van der Waals surface area contributed by atoms with Crippen molar-refractivity contribution in [3.8, 4) is 6.07 Å². The maximum atomic E-state index is 8.96. The fraction of sp³-hybridized carbons (Fsp3) is 0.625. The predicted octanol–water partition coefficient (Wildman–Crippen LogP) is 2.06. The van der Waals surface area contributed by atoms with E-state index in [2.05, 4.69) is 21.3 Å². The topological polar surface area (TPSA) is 52.0 Å². The van der Waals surface area contributed by atoms with Gasteiger partial charge in [-0.2, -0.15) is 5.26 Å². The van der Waals surface area contributed by atoms with Gasteiger partial charge in [0.1, 0.15) is 11.8 Å². The molecule has 3 heterocycles. The summed E-state index contributed by atoms with van der Waals surface area (Å²) >= 11 is 0. The number of hydrogen-bond acceptors (Lipinski definition) is 4. The van der Waals surface area contributed by atoms with Crippen LogP contribution < -0.4 is 5.32 Å². The van der Waals surface area contributed by atoms with Gasteiger partial charge in [0.2, 0.25) is 0 Å². The minimum Gasteiger partial charge on any atom is -0.312 e. The molecule has 1 aromatic rings. The van der Waals surface area contributed by atoms with Gasteiger partial charge in [-0.3, -0.25) is 4.90 Å². The summed E-state index contributed by atoms with van der Waals surface area (Å²) in [6.45, 7) is 3.29. The number of aromatic nitrogens is 1. The molecule has 4 nitrogen and oxygen atoms in total. The molecule has 3 rings (SSSR count). The van der Waals surface area contributed by atoms with Crippen LogP contribution in [0.3, 0.4) is 0 Å². The summed E-state index contributed by atoms with van der Waals surface area (Å²) in [6.07, 6.45) is 8.30. The van der Waals surface area contributed by atoms with Gasteiger partial charge >= 0.3 is 0 Å². The van der Waals surface area contributed by atoms with E-state index < -0.39 is 0 Å². The Kier molecular flexibility index (Phi) is 4.29. The van der Waals surface area contributed by atoms with Gasteiger partial charge in [0.15, 0.2) is 0 Å². The summed E-state index contributed by atoms with van der Waals surface area (Å²) < 4.78 is 0. The SMILES string of the molecule is N#Cc1cc(CN2CCCCC2C2CCCN2)ccn1. The van der Waals surface area contributed by atoms with E-state index in [-0.39, 0.29) is 0 Å². The average molecular weight is 270 g/mol. The lowest BCUT2D eigenvalue weighted by atomic mass is 9.94. The summed E-state index contributed by atoms with van der Waals surface area (Å²) in [5.41, 5.74) is 1.73. The lowest BCUT2D eigenvalue weighted by Crippen LogP contribution is -2.49. The van der Waals surface area contributed by atoms with Gasteiger partial charge in [0, 0.05) is 24.8 Å². The van der Waals surface area contributed by atoms with E-state index in [1.54, 1.807) is 6.20 Å². The summed E-state index contributed by atoms with van der Waals surface area (Å²) in [7, 11) is 0. The molecule has 1 aromatic heterocycles. The van der Waals surface area contributed by atoms with E-state index in [9.17, 15) is 0 Å². The second-order valence-corrected chi connectivity index (χ2v) is 5.90. The molecule has 2 aliphatic rings. The van der Waals surface area contributed by atoms with Crippen LogP contribution in [0.2, 0.25) is 0 Å². The molecule has 2 unspecified atom stereocenters. The normalized spacial score (nSPS) is 27.4. The highest BCUT2D eigenvalue weighted by Gasteiger charge is 2.31. The van der Waals surface area contributed by atoms with Crippen LogP contribution in [0.1, 0.15) is 43.4 Å². The monoisotopic (exact) mass is 270 g/mol. The summed E-state index contributed by atoms with van der Waals surface area (Å²) in [4.78, 5) is 6.66. The summed E-state index contributed by atoms with van der Waals surface area (Å²) in [5, 5.41) is 12.6. The van der Waals surface area contributed by atoms with Gasteiger partial charge in [-0.15, -0.1) is 0 Å². The van der Waals surface area contributed by atoms with Gasteiger partial charge in [-0.1, -0.05) is 6.42 Å². The molecule has 106 valence electrons. The highest BCUT2D eigenvalue weighted by Crippen LogP contribution is 2.25. The third-order valence-corrected chi connectivity index (χ3v) is 4.55. The Labute approximate surface area is 120 Å². The van der Waals surface area contributed by atoms with Crippen LogP contribution in [0.4, 0.5) is 0 Å². The first-order valence-electron chi connectivity index (χ1n) is 7.69.